The van der Waals surface area contributed by atoms with Crippen LogP contribution in [0.2, 0.25) is 5.02 Å². The van der Waals surface area contributed by atoms with E-state index in [4.69, 9.17) is 22.1 Å². The van der Waals surface area contributed by atoms with E-state index >= 15 is 0 Å². The molecule has 2 N–H and O–H groups in total. The first-order chi connectivity index (χ1) is 9.92. The molecule has 2 rings (SSSR count). The lowest BCUT2D eigenvalue weighted by Crippen LogP contribution is -2.06. The van der Waals surface area contributed by atoms with Gasteiger partial charge in [-0.05, 0) is 37.1 Å². The van der Waals surface area contributed by atoms with Crippen LogP contribution in [-0.2, 0) is 6.42 Å². The lowest BCUT2D eigenvalue weighted by Gasteiger charge is -2.13. The fourth-order valence-electron chi connectivity index (χ4n) is 1.88. The van der Waals surface area contributed by atoms with E-state index < -0.39 is 0 Å². The van der Waals surface area contributed by atoms with Gasteiger partial charge >= 0.3 is 0 Å². The Hall–Kier alpha value is -1.81. The molecule has 1 aromatic carbocycles. The number of hydrogen-bond donors (Lipinski definition) is 1. The van der Waals surface area contributed by atoms with Gasteiger partial charge in [0.15, 0.2) is 0 Å². The summed E-state index contributed by atoms with van der Waals surface area (Å²) < 4.78 is 5.89. The van der Waals surface area contributed by atoms with Crippen LogP contribution in [0, 0.1) is 6.92 Å². The van der Waals surface area contributed by atoms with Crippen LogP contribution in [0.3, 0.4) is 0 Å². The zero-order valence-electron chi connectivity index (χ0n) is 12.8. The zero-order chi connectivity index (χ0) is 15.6. The van der Waals surface area contributed by atoms with Crippen LogP contribution in [0.25, 0.3) is 0 Å². The molecule has 21 heavy (non-hydrogen) atoms. The molecular weight excluding hydrogens is 286 g/mol. The maximum absolute atomic E-state index is 6.12. The topological polar surface area (TPSA) is 61.0 Å². The molecule has 0 amide bonds. The van der Waals surface area contributed by atoms with Crippen molar-refractivity contribution >= 4 is 17.4 Å². The fourth-order valence-corrected chi connectivity index (χ4v) is 2.14. The predicted octanol–water partition coefficient (Wildman–Crippen LogP) is 4.50. The Bertz CT molecular complexity index is 656. The molecule has 0 unspecified atom stereocenters. The van der Waals surface area contributed by atoms with Gasteiger partial charge in [0.25, 0.3) is 0 Å². The Kier molecular flexibility index (Phi) is 4.68. The summed E-state index contributed by atoms with van der Waals surface area (Å²) in [5, 5.41) is 0.742. The van der Waals surface area contributed by atoms with E-state index in [0.29, 0.717) is 23.3 Å². The molecule has 1 heterocycles. The summed E-state index contributed by atoms with van der Waals surface area (Å²) in [6.07, 6.45) is 0.845. The Morgan fingerprint density at radius 1 is 1.29 bits per heavy atom. The smallest absolute Gasteiger partial charge is 0.227 e. The van der Waals surface area contributed by atoms with E-state index in [2.05, 4.69) is 16.9 Å². The van der Waals surface area contributed by atoms with Gasteiger partial charge in [-0.1, -0.05) is 32.4 Å². The molecule has 0 spiro atoms. The Morgan fingerprint density at radius 3 is 2.62 bits per heavy atom. The SMILES string of the molecule is CCc1cc(Oc2nc(C(C)C)nc(N)c2C)ccc1Cl. The lowest BCUT2D eigenvalue weighted by atomic mass is 10.1. The van der Waals surface area contributed by atoms with Crippen molar-refractivity contribution in [3.63, 3.8) is 0 Å². The summed E-state index contributed by atoms with van der Waals surface area (Å²) in [6.45, 7) is 7.94. The van der Waals surface area contributed by atoms with Crippen LogP contribution in [0.4, 0.5) is 5.82 Å². The highest BCUT2D eigenvalue weighted by Crippen LogP contribution is 2.30. The third kappa shape index (κ3) is 3.45. The maximum atomic E-state index is 6.12. The normalized spacial score (nSPS) is 11.0. The van der Waals surface area contributed by atoms with Gasteiger partial charge in [0.2, 0.25) is 5.88 Å². The van der Waals surface area contributed by atoms with Gasteiger partial charge in [-0.25, -0.2) is 4.98 Å². The monoisotopic (exact) mass is 305 g/mol. The van der Waals surface area contributed by atoms with Gasteiger partial charge in [0.1, 0.15) is 17.4 Å². The average molecular weight is 306 g/mol. The highest BCUT2D eigenvalue weighted by atomic mass is 35.5. The molecule has 0 saturated heterocycles. The molecule has 0 radical (unpaired) electrons. The minimum atomic E-state index is 0.187. The molecule has 0 aliphatic carbocycles. The van der Waals surface area contributed by atoms with Crippen molar-refractivity contribution in [2.75, 3.05) is 5.73 Å². The van der Waals surface area contributed by atoms with Gasteiger partial charge in [0, 0.05) is 10.9 Å². The quantitative estimate of drug-likeness (QED) is 0.903. The molecule has 0 fully saturated rings. The third-order valence-corrected chi connectivity index (χ3v) is 3.65. The molecular formula is C16H20ClN3O. The largest absolute Gasteiger partial charge is 0.439 e. The standard InChI is InChI=1S/C16H20ClN3O/c1-5-11-8-12(6-7-13(11)17)21-16-10(4)14(18)19-15(20-16)9(2)3/h6-9H,5H2,1-4H3,(H2,18,19,20). The molecule has 2 aromatic rings. The van der Waals surface area contributed by atoms with Gasteiger partial charge in [-0.15, -0.1) is 0 Å². The van der Waals surface area contributed by atoms with Crippen molar-refractivity contribution in [1.82, 2.24) is 9.97 Å². The number of aromatic nitrogens is 2. The van der Waals surface area contributed by atoms with Crippen molar-refractivity contribution in [2.24, 2.45) is 0 Å². The number of hydrogen-bond acceptors (Lipinski definition) is 4. The Balaban J connectivity index is 2.39. The van der Waals surface area contributed by atoms with Crippen LogP contribution >= 0.6 is 11.6 Å². The molecule has 0 atom stereocenters. The first kappa shape index (κ1) is 15.6. The zero-order valence-corrected chi connectivity index (χ0v) is 13.5. The molecule has 0 bridgehead atoms. The number of benzene rings is 1. The van der Waals surface area contributed by atoms with Gasteiger partial charge in [0.05, 0.1) is 5.56 Å². The van der Waals surface area contributed by atoms with Crippen molar-refractivity contribution in [3.05, 3.63) is 40.2 Å². The van der Waals surface area contributed by atoms with E-state index in [1.54, 1.807) is 0 Å². The van der Waals surface area contributed by atoms with E-state index in [1.165, 1.54) is 0 Å². The van der Waals surface area contributed by atoms with Crippen molar-refractivity contribution in [2.45, 2.75) is 40.0 Å². The Labute approximate surface area is 130 Å². The first-order valence-corrected chi connectivity index (χ1v) is 7.40. The van der Waals surface area contributed by atoms with Crippen LogP contribution < -0.4 is 10.5 Å². The number of nitrogen functional groups attached to an aromatic ring is 1. The summed E-state index contributed by atoms with van der Waals surface area (Å²) in [5.41, 5.74) is 7.72. The first-order valence-electron chi connectivity index (χ1n) is 7.02. The lowest BCUT2D eigenvalue weighted by molar-refractivity contribution is 0.453. The van der Waals surface area contributed by atoms with Crippen LogP contribution in [0.15, 0.2) is 18.2 Å². The molecule has 0 saturated carbocycles. The maximum Gasteiger partial charge on any atom is 0.227 e. The third-order valence-electron chi connectivity index (χ3n) is 3.29. The predicted molar refractivity (Wildman–Crippen MR) is 86.2 cm³/mol. The van der Waals surface area contributed by atoms with E-state index in [1.807, 2.05) is 39.0 Å². The fraction of sp³-hybridized carbons (Fsp3) is 0.375. The minimum Gasteiger partial charge on any atom is -0.439 e. The van der Waals surface area contributed by atoms with Crippen molar-refractivity contribution < 1.29 is 4.74 Å². The van der Waals surface area contributed by atoms with Crippen molar-refractivity contribution in [3.8, 4) is 11.6 Å². The van der Waals surface area contributed by atoms with Crippen LogP contribution in [-0.4, -0.2) is 9.97 Å². The second-order valence-corrected chi connectivity index (χ2v) is 5.67. The van der Waals surface area contributed by atoms with E-state index in [-0.39, 0.29) is 5.92 Å². The number of anilines is 1. The van der Waals surface area contributed by atoms with E-state index in [9.17, 15) is 0 Å². The second kappa shape index (κ2) is 6.31. The molecule has 5 heteroatoms. The number of ether oxygens (including phenoxy) is 1. The second-order valence-electron chi connectivity index (χ2n) is 5.26. The summed E-state index contributed by atoms with van der Waals surface area (Å²) in [7, 11) is 0. The van der Waals surface area contributed by atoms with Crippen molar-refractivity contribution in [1.29, 1.82) is 0 Å². The molecule has 112 valence electrons. The highest BCUT2D eigenvalue weighted by molar-refractivity contribution is 6.31. The van der Waals surface area contributed by atoms with Crippen LogP contribution in [0.1, 0.15) is 43.6 Å². The van der Waals surface area contributed by atoms with Gasteiger partial charge in [-0.2, -0.15) is 4.98 Å². The number of halogens is 1. The molecule has 0 aliphatic heterocycles. The molecule has 0 aliphatic rings. The molecule has 4 nitrogen and oxygen atoms in total. The number of aryl methyl sites for hydroxylation is 1. The summed E-state index contributed by atoms with van der Waals surface area (Å²) in [6, 6.07) is 5.59. The number of nitrogens with zero attached hydrogens (tertiary/aromatic N) is 2. The van der Waals surface area contributed by atoms with Crippen LogP contribution in [0.5, 0.6) is 11.6 Å². The summed E-state index contributed by atoms with van der Waals surface area (Å²) in [5.74, 6) is 2.51. The van der Waals surface area contributed by atoms with Gasteiger partial charge in [-0.3, -0.25) is 0 Å². The number of rotatable bonds is 4. The summed E-state index contributed by atoms with van der Waals surface area (Å²) in [4.78, 5) is 8.75. The average Bonchev–Trinajstić information content (AvgIpc) is 2.45. The van der Waals surface area contributed by atoms with E-state index in [0.717, 1.165) is 22.6 Å². The summed E-state index contributed by atoms with van der Waals surface area (Å²) >= 11 is 6.12. The highest BCUT2D eigenvalue weighted by Gasteiger charge is 2.13. The number of nitrogens with two attached hydrogens (primary N) is 1. The van der Waals surface area contributed by atoms with Gasteiger partial charge < -0.3 is 10.5 Å². The Morgan fingerprint density at radius 2 is 2.00 bits per heavy atom. The molecule has 1 aromatic heterocycles. The minimum absolute atomic E-state index is 0.187.